The van der Waals surface area contributed by atoms with Gasteiger partial charge in [-0.1, -0.05) is 37.1 Å². The van der Waals surface area contributed by atoms with Crippen molar-refractivity contribution in [3.8, 4) is 0 Å². The van der Waals surface area contributed by atoms with Crippen molar-refractivity contribution in [2.75, 3.05) is 13.1 Å². The van der Waals surface area contributed by atoms with Crippen LogP contribution in [0.1, 0.15) is 62.5 Å². The number of carbonyl (C=O) groups excluding carboxylic acids is 1. The number of benzene rings is 1. The van der Waals surface area contributed by atoms with Gasteiger partial charge in [-0.05, 0) is 43.7 Å². The summed E-state index contributed by atoms with van der Waals surface area (Å²) in [5.74, 6) is 0.210. The number of likely N-dealkylation sites (tertiary alicyclic amines) is 1. The number of rotatable bonds is 3. The largest absolute Gasteiger partial charge is 0.342 e. The lowest BCUT2D eigenvalue weighted by Gasteiger charge is -2.25. The summed E-state index contributed by atoms with van der Waals surface area (Å²) in [4.78, 5) is 14.8. The first kappa shape index (κ1) is 14.6. The van der Waals surface area contributed by atoms with Crippen molar-refractivity contribution in [3.63, 3.8) is 0 Å². The standard InChI is InChI=1S/C18H26N2O/c1-14(17(21)20-11-4-2-3-5-12-20)15-7-6-8-16(13-15)18(19)9-10-18/h6-8,13-14H,2-5,9-12,19H2,1H3. The van der Waals surface area contributed by atoms with Crippen molar-refractivity contribution in [1.82, 2.24) is 4.90 Å². The summed E-state index contributed by atoms with van der Waals surface area (Å²) in [6.07, 6.45) is 6.91. The quantitative estimate of drug-likeness (QED) is 0.928. The Morgan fingerprint density at radius 1 is 1.19 bits per heavy atom. The first-order valence-corrected chi connectivity index (χ1v) is 8.28. The monoisotopic (exact) mass is 286 g/mol. The molecule has 0 aromatic heterocycles. The zero-order valence-corrected chi connectivity index (χ0v) is 13.0. The summed E-state index contributed by atoms with van der Waals surface area (Å²) in [6.45, 7) is 3.87. The highest BCUT2D eigenvalue weighted by atomic mass is 16.2. The van der Waals surface area contributed by atoms with Gasteiger partial charge in [0.25, 0.3) is 0 Å². The van der Waals surface area contributed by atoms with Crippen molar-refractivity contribution in [3.05, 3.63) is 35.4 Å². The summed E-state index contributed by atoms with van der Waals surface area (Å²) in [5.41, 5.74) is 8.46. The highest BCUT2D eigenvalue weighted by Gasteiger charge is 2.40. The van der Waals surface area contributed by atoms with Crippen LogP contribution >= 0.6 is 0 Å². The van der Waals surface area contributed by atoms with Crippen LogP contribution < -0.4 is 5.73 Å². The molecule has 2 aliphatic rings. The molecule has 1 saturated carbocycles. The molecule has 1 aliphatic carbocycles. The molecule has 0 radical (unpaired) electrons. The molecule has 1 heterocycles. The minimum atomic E-state index is -0.124. The molecule has 21 heavy (non-hydrogen) atoms. The molecular formula is C18H26N2O. The normalized spacial score (nSPS) is 22.5. The summed E-state index contributed by atoms with van der Waals surface area (Å²) in [6, 6.07) is 8.35. The van der Waals surface area contributed by atoms with E-state index in [1.165, 1.54) is 18.4 Å². The van der Waals surface area contributed by atoms with Crippen LogP contribution in [0.2, 0.25) is 0 Å². The molecule has 1 aromatic carbocycles. The van der Waals surface area contributed by atoms with Crippen molar-refractivity contribution in [2.24, 2.45) is 5.73 Å². The third-order valence-electron chi connectivity index (χ3n) is 5.04. The maximum atomic E-state index is 12.7. The van der Waals surface area contributed by atoms with Gasteiger partial charge in [-0.15, -0.1) is 0 Å². The highest BCUT2D eigenvalue weighted by molar-refractivity contribution is 5.83. The Balaban J connectivity index is 1.74. The molecule has 1 aromatic rings. The van der Waals surface area contributed by atoms with Gasteiger partial charge in [0.05, 0.1) is 5.92 Å². The Morgan fingerprint density at radius 2 is 1.86 bits per heavy atom. The number of amides is 1. The van der Waals surface area contributed by atoms with Gasteiger partial charge in [0.15, 0.2) is 0 Å². The third kappa shape index (κ3) is 3.13. The number of nitrogens with zero attached hydrogens (tertiary/aromatic N) is 1. The van der Waals surface area contributed by atoms with E-state index in [4.69, 9.17) is 5.73 Å². The van der Waals surface area contributed by atoms with Gasteiger partial charge in [-0.25, -0.2) is 0 Å². The first-order chi connectivity index (χ1) is 10.1. The SMILES string of the molecule is CC(C(=O)N1CCCCCC1)c1cccc(C2(N)CC2)c1. The van der Waals surface area contributed by atoms with Gasteiger partial charge in [0, 0.05) is 18.6 Å². The molecule has 2 fully saturated rings. The average molecular weight is 286 g/mol. The molecule has 2 N–H and O–H groups in total. The topological polar surface area (TPSA) is 46.3 Å². The molecule has 1 unspecified atom stereocenters. The lowest BCUT2D eigenvalue weighted by Crippen LogP contribution is -2.35. The Morgan fingerprint density at radius 3 is 2.48 bits per heavy atom. The second-order valence-electron chi connectivity index (χ2n) is 6.74. The van der Waals surface area contributed by atoms with Crippen LogP contribution in [0, 0.1) is 0 Å². The van der Waals surface area contributed by atoms with Gasteiger partial charge in [0.2, 0.25) is 5.91 Å². The van der Waals surface area contributed by atoms with Crippen LogP contribution in [0.5, 0.6) is 0 Å². The summed E-state index contributed by atoms with van der Waals surface area (Å²) < 4.78 is 0. The van der Waals surface area contributed by atoms with Crippen molar-refractivity contribution in [1.29, 1.82) is 0 Å². The van der Waals surface area contributed by atoms with Crippen LogP contribution in [0.15, 0.2) is 24.3 Å². The van der Waals surface area contributed by atoms with Gasteiger partial charge in [-0.3, -0.25) is 4.79 Å². The minimum absolute atomic E-state index is 0.0644. The average Bonchev–Trinajstić information content (AvgIpc) is 3.30. The number of nitrogens with two attached hydrogens (primary N) is 1. The van der Waals surface area contributed by atoms with Crippen molar-refractivity contribution >= 4 is 5.91 Å². The second-order valence-corrected chi connectivity index (χ2v) is 6.74. The fourth-order valence-corrected chi connectivity index (χ4v) is 3.25. The molecule has 1 atom stereocenters. The molecule has 3 rings (SSSR count). The van der Waals surface area contributed by atoms with E-state index in [0.717, 1.165) is 44.3 Å². The first-order valence-electron chi connectivity index (χ1n) is 8.28. The Kier molecular flexibility index (Phi) is 4.03. The zero-order valence-electron chi connectivity index (χ0n) is 13.0. The molecular weight excluding hydrogens is 260 g/mol. The molecule has 0 bridgehead atoms. The number of carbonyl (C=O) groups is 1. The third-order valence-corrected chi connectivity index (χ3v) is 5.04. The minimum Gasteiger partial charge on any atom is -0.342 e. The van der Waals surface area contributed by atoms with Crippen LogP contribution in [-0.2, 0) is 10.3 Å². The van der Waals surface area contributed by atoms with Crippen molar-refractivity contribution in [2.45, 2.75) is 56.9 Å². The molecule has 114 valence electrons. The molecule has 1 saturated heterocycles. The van der Waals surface area contributed by atoms with E-state index in [-0.39, 0.29) is 17.4 Å². The number of hydrogen-bond acceptors (Lipinski definition) is 2. The van der Waals surface area contributed by atoms with Crippen LogP contribution in [0.25, 0.3) is 0 Å². The van der Waals surface area contributed by atoms with E-state index >= 15 is 0 Å². The fraction of sp³-hybridized carbons (Fsp3) is 0.611. The molecule has 1 amide bonds. The van der Waals surface area contributed by atoms with E-state index in [0.29, 0.717) is 0 Å². The Bertz CT molecular complexity index is 514. The van der Waals surface area contributed by atoms with Gasteiger partial charge in [0.1, 0.15) is 0 Å². The predicted octanol–water partition coefficient (Wildman–Crippen LogP) is 3.14. The Labute approximate surface area is 127 Å². The molecule has 3 nitrogen and oxygen atoms in total. The summed E-state index contributed by atoms with van der Waals surface area (Å²) in [7, 11) is 0. The maximum Gasteiger partial charge on any atom is 0.229 e. The van der Waals surface area contributed by atoms with Gasteiger partial charge in [-0.2, -0.15) is 0 Å². The van der Waals surface area contributed by atoms with E-state index in [9.17, 15) is 4.79 Å². The smallest absolute Gasteiger partial charge is 0.229 e. The zero-order chi connectivity index (χ0) is 14.9. The molecule has 1 aliphatic heterocycles. The van der Waals surface area contributed by atoms with E-state index < -0.39 is 0 Å². The van der Waals surface area contributed by atoms with Crippen molar-refractivity contribution < 1.29 is 4.79 Å². The van der Waals surface area contributed by atoms with Crippen LogP contribution in [0.3, 0.4) is 0 Å². The van der Waals surface area contributed by atoms with Gasteiger partial charge >= 0.3 is 0 Å². The van der Waals surface area contributed by atoms with E-state index in [2.05, 4.69) is 23.1 Å². The van der Waals surface area contributed by atoms with Crippen LogP contribution in [-0.4, -0.2) is 23.9 Å². The lowest BCUT2D eigenvalue weighted by molar-refractivity contribution is -0.132. The lowest BCUT2D eigenvalue weighted by atomic mass is 9.94. The predicted molar refractivity (Wildman–Crippen MR) is 85.0 cm³/mol. The number of hydrogen-bond donors (Lipinski definition) is 1. The Hall–Kier alpha value is -1.35. The van der Waals surface area contributed by atoms with E-state index in [1.54, 1.807) is 0 Å². The highest BCUT2D eigenvalue weighted by Crippen LogP contribution is 2.43. The van der Waals surface area contributed by atoms with E-state index in [1.807, 2.05) is 13.0 Å². The molecule has 0 spiro atoms. The van der Waals surface area contributed by atoms with Crippen LogP contribution in [0.4, 0.5) is 0 Å². The second kappa shape index (κ2) is 5.80. The summed E-state index contributed by atoms with van der Waals surface area (Å²) >= 11 is 0. The summed E-state index contributed by atoms with van der Waals surface area (Å²) in [5, 5.41) is 0. The molecule has 3 heteroatoms. The maximum absolute atomic E-state index is 12.7. The van der Waals surface area contributed by atoms with Gasteiger partial charge < -0.3 is 10.6 Å². The fourth-order valence-electron chi connectivity index (χ4n) is 3.25.